The number of para-hydroxylation sites is 2. The average molecular weight is 287 g/mol. The molecule has 1 amide bonds. The monoisotopic (exact) mass is 287 g/mol. The molecule has 2 aromatic rings. The van der Waals surface area contributed by atoms with Crippen molar-refractivity contribution in [1.82, 2.24) is 14.9 Å². The number of fused-ring (bicyclic) bond motifs is 1. The van der Waals surface area contributed by atoms with Gasteiger partial charge in [0.2, 0.25) is 5.91 Å². The molecule has 0 radical (unpaired) electrons. The number of imidazole rings is 1. The predicted octanol–water partition coefficient (Wildman–Crippen LogP) is 1.41. The first-order valence-electron chi connectivity index (χ1n) is 7.07. The lowest BCUT2D eigenvalue weighted by Crippen LogP contribution is -2.42. The lowest BCUT2D eigenvalue weighted by Gasteiger charge is -2.13. The second-order valence-electron chi connectivity index (χ2n) is 5.40. The molecule has 3 rings (SSSR count). The number of amides is 1. The van der Waals surface area contributed by atoms with Crippen LogP contribution in [0.15, 0.2) is 30.6 Å². The Balaban J connectivity index is 1.59. The Morgan fingerprint density at radius 3 is 2.86 bits per heavy atom. The maximum Gasteiger partial charge on any atom is 0.326 e. The summed E-state index contributed by atoms with van der Waals surface area (Å²) in [6.07, 6.45) is 3.71. The first kappa shape index (κ1) is 13.6. The zero-order valence-electron chi connectivity index (χ0n) is 11.5. The highest BCUT2D eigenvalue weighted by Crippen LogP contribution is 2.32. The summed E-state index contributed by atoms with van der Waals surface area (Å²) >= 11 is 0. The van der Waals surface area contributed by atoms with Crippen molar-refractivity contribution in [1.29, 1.82) is 0 Å². The van der Waals surface area contributed by atoms with Crippen LogP contribution in [0.4, 0.5) is 0 Å². The van der Waals surface area contributed by atoms with Gasteiger partial charge >= 0.3 is 5.97 Å². The highest BCUT2D eigenvalue weighted by Gasteiger charge is 2.37. The number of hydrogen-bond donors (Lipinski definition) is 2. The third kappa shape index (κ3) is 3.04. The second-order valence-corrected chi connectivity index (χ2v) is 5.40. The van der Waals surface area contributed by atoms with Crippen molar-refractivity contribution < 1.29 is 14.7 Å². The lowest BCUT2D eigenvalue weighted by atomic mass is 10.2. The van der Waals surface area contributed by atoms with Gasteiger partial charge in [-0.05, 0) is 30.9 Å². The Morgan fingerprint density at radius 1 is 1.38 bits per heavy atom. The molecule has 2 N–H and O–H groups in total. The maximum absolute atomic E-state index is 11.9. The fraction of sp³-hybridized carbons (Fsp3) is 0.400. The summed E-state index contributed by atoms with van der Waals surface area (Å²) in [7, 11) is 0. The topological polar surface area (TPSA) is 84.2 Å². The van der Waals surface area contributed by atoms with Gasteiger partial charge in [0, 0.05) is 13.0 Å². The van der Waals surface area contributed by atoms with Gasteiger partial charge in [0.05, 0.1) is 17.4 Å². The van der Waals surface area contributed by atoms with E-state index in [1.807, 2.05) is 28.8 Å². The lowest BCUT2D eigenvalue weighted by molar-refractivity contribution is -0.142. The molecule has 1 unspecified atom stereocenters. The van der Waals surface area contributed by atoms with E-state index < -0.39 is 12.0 Å². The van der Waals surface area contributed by atoms with Crippen LogP contribution < -0.4 is 5.32 Å². The summed E-state index contributed by atoms with van der Waals surface area (Å²) in [6.45, 7) is 0.489. The van der Waals surface area contributed by atoms with E-state index in [-0.39, 0.29) is 18.2 Å². The van der Waals surface area contributed by atoms with E-state index in [0.717, 1.165) is 23.9 Å². The minimum absolute atomic E-state index is 0.0977. The first-order valence-corrected chi connectivity index (χ1v) is 7.07. The van der Waals surface area contributed by atoms with Gasteiger partial charge in [0.1, 0.15) is 6.04 Å². The number of nitrogens with one attached hydrogen (secondary N) is 1. The summed E-state index contributed by atoms with van der Waals surface area (Å²) in [5.41, 5.74) is 1.86. The number of benzene rings is 1. The minimum atomic E-state index is -0.945. The molecule has 1 fully saturated rings. The van der Waals surface area contributed by atoms with Gasteiger partial charge in [-0.3, -0.25) is 4.79 Å². The normalized spacial score (nSPS) is 15.8. The van der Waals surface area contributed by atoms with Gasteiger partial charge in [-0.25, -0.2) is 9.78 Å². The summed E-state index contributed by atoms with van der Waals surface area (Å²) in [5, 5.41) is 11.7. The minimum Gasteiger partial charge on any atom is -0.480 e. The van der Waals surface area contributed by atoms with Crippen LogP contribution in [0.2, 0.25) is 0 Å². The smallest absolute Gasteiger partial charge is 0.326 e. The average Bonchev–Trinajstić information content (AvgIpc) is 3.22. The van der Waals surface area contributed by atoms with Crippen LogP contribution >= 0.6 is 0 Å². The summed E-state index contributed by atoms with van der Waals surface area (Å²) < 4.78 is 1.90. The van der Waals surface area contributed by atoms with Gasteiger partial charge in [-0.15, -0.1) is 0 Å². The molecule has 1 atom stereocenters. The highest BCUT2D eigenvalue weighted by molar-refractivity contribution is 5.84. The fourth-order valence-electron chi connectivity index (χ4n) is 2.47. The third-order valence-corrected chi connectivity index (χ3v) is 3.78. The number of nitrogens with zero attached hydrogens (tertiary/aromatic N) is 2. The van der Waals surface area contributed by atoms with E-state index >= 15 is 0 Å². The van der Waals surface area contributed by atoms with Gasteiger partial charge in [-0.2, -0.15) is 0 Å². The number of carbonyl (C=O) groups excluding carboxylic acids is 1. The van der Waals surface area contributed by atoms with Crippen LogP contribution in [0.25, 0.3) is 11.0 Å². The van der Waals surface area contributed by atoms with Gasteiger partial charge in [0.25, 0.3) is 0 Å². The summed E-state index contributed by atoms with van der Waals surface area (Å²) in [5.74, 6) is -1.08. The molecule has 1 aliphatic rings. The number of carbonyl (C=O) groups is 2. The van der Waals surface area contributed by atoms with Crippen molar-refractivity contribution >= 4 is 22.9 Å². The molecule has 1 saturated carbocycles. The SMILES string of the molecule is O=C(CCn1cnc2ccccc21)NC(C(=O)O)C1CC1. The Bertz CT molecular complexity index is 676. The quantitative estimate of drug-likeness (QED) is 0.841. The molecule has 0 bridgehead atoms. The molecule has 110 valence electrons. The van der Waals surface area contributed by atoms with Crippen molar-refractivity contribution in [2.75, 3.05) is 0 Å². The van der Waals surface area contributed by atoms with Gasteiger partial charge in [-0.1, -0.05) is 12.1 Å². The molecular formula is C15H17N3O3. The molecule has 1 aliphatic carbocycles. The number of rotatable bonds is 6. The molecule has 6 heteroatoms. The zero-order valence-corrected chi connectivity index (χ0v) is 11.5. The van der Waals surface area contributed by atoms with Crippen molar-refractivity contribution in [2.45, 2.75) is 31.8 Å². The van der Waals surface area contributed by atoms with Gasteiger partial charge in [0.15, 0.2) is 0 Å². The number of aromatic nitrogens is 2. The Kier molecular flexibility index (Phi) is 3.60. The number of aryl methyl sites for hydroxylation is 1. The van der Waals surface area contributed by atoms with E-state index in [0.29, 0.717) is 6.54 Å². The van der Waals surface area contributed by atoms with Crippen molar-refractivity contribution in [3.8, 4) is 0 Å². The summed E-state index contributed by atoms with van der Waals surface area (Å²) in [4.78, 5) is 27.3. The Morgan fingerprint density at radius 2 is 2.14 bits per heavy atom. The van der Waals surface area contributed by atoms with Crippen LogP contribution in [-0.2, 0) is 16.1 Å². The molecule has 0 spiro atoms. The molecule has 0 aliphatic heterocycles. The van der Waals surface area contributed by atoms with Crippen LogP contribution in [0, 0.1) is 5.92 Å². The maximum atomic E-state index is 11.9. The molecule has 21 heavy (non-hydrogen) atoms. The molecule has 6 nitrogen and oxygen atoms in total. The first-order chi connectivity index (χ1) is 10.1. The van der Waals surface area contributed by atoms with Crippen molar-refractivity contribution in [2.24, 2.45) is 5.92 Å². The number of carboxylic acid groups (broad SMARTS) is 1. The summed E-state index contributed by atoms with van der Waals surface area (Å²) in [6, 6.07) is 6.97. The number of carboxylic acids is 1. The molecule has 1 heterocycles. The van der Waals surface area contributed by atoms with Gasteiger partial charge < -0.3 is 15.0 Å². The Labute approximate surface area is 121 Å². The van der Waals surface area contributed by atoms with Crippen molar-refractivity contribution in [3.05, 3.63) is 30.6 Å². The standard InChI is InChI=1S/C15H17N3O3/c19-13(17-14(15(20)21)10-5-6-10)7-8-18-9-16-11-3-1-2-4-12(11)18/h1-4,9-10,14H,5-8H2,(H,17,19)(H,20,21). The van der Waals surface area contributed by atoms with Crippen LogP contribution in [0.3, 0.4) is 0 Å². The van der Waals surface area contributed by atoms with Crippen LogP contribution in [0.5, 0.6) is 0 Å². The van der Waals surface area contributed by atoms with E-state index in [2.05, 4.69) is 10.3 Å². The van der Waals surface area contributed by atoms with E-state index in [1.165, 1.54) is 0 Å². The van der Waals surface area contributed by atoms with Crippen LogP contribution in [-0.4, -0.2) is 32.6 Å². The molecule has 1 aromatic carbocycles. The van der Waals surface area contributed by atoms with Crippen LogP contribution in [0.1, 0.15) is 19.3 Å². The predicted molar refractivity (Wildman–Crippen MR) is 76.6 cm³/mol. The van der Waals surface area contributed by atoms with Crippen molar-refractivity contribution in [3.63, 3.8) is 0 Å². The fourth-order valence-corrected chi connectivity index (χ4v) is 2.47. The zero-order chi connectivity index (χ0) is 14.8. The largest absolute Gasteiger partial charge is 0.480 e. The van der Waals surface area contributed by atoms with E-state index in [4.69, 9.17) is 5.11 Å². The van der Waals surface area contributed by atoms with E-state index in [1.54, 1.807) is 6.33 Å². The number of hydrogen-bond acceptors (Lipinski definition) is 3. The Hall–Kier alpha value is -2.37. The van der Waals surface area contributed by atoms with E-state index in [9.17, 15) is 9.59 Å². The number of aliphatic carboxylic acids is 1. The molecular weight excluding hydrogens is 270 g/mol. The second kappa shape index (κ2) is 5.55. The molecule has 0 saturated heterocycles. The highest BCUT2D eigenvalue weighted by atomic mass is 16.4. The molecule has 1 aromatic heterocycles. The third-order valence-electron chi connectivity index (χ3n) is 3.78.